The van der Waals surface area contributed by atoms with Crippen LogP contribution >= 0.6 is 8.25 Å². The van der Waals surface area contributed by atoms with Gasteiger partial charge in [0.1, 0.15) is 13.2 Å². The average molecular weight is 209 g/mol. The summed E-state index contributed by atoms with van der Waals surface area (Å²) in [5.41, 5.74) is 9.81. The van der Waals surface area contributed by atoms with Crippen LogP contribution in [0.15, 0.2) is 0 Å². The van der Waals surface area contributed by atoms with Gasteiger partial charge in [-0.2, -0.15) is 0 Å². The molecule has 1 saturated heterocycles. The maximum atomic E-state index is 10.5. The van der Waals surface area contributed by atoms with E-state index >= 15 is 0 Å². The highest BCUT2D eigenvalue weighted by molar-refractivity contribution is 7.33. The summed E-state index contributed by atoms with van der Waals surface area (Å²) in [6.07, 6.45) is 3.12. The van der Waals surface area contributed by atoms with Gasteiger partial charge in [0.2, 0.25) is 0 Å². The first-order valence-corrected chi connectivity index (χ1v) is 5.54. The molecule has 4 N–H and O–H groups in total. The Kier molecular flexibility index (Phi) is 9.98. The molecule has 1 heterocycles. The molecule has 0 saturated carbocycles. The van der Waals surface area contributed by atoms with Crippen molar-refractivity contribution in [3.05, 3.63) is 0 Å². The van der Waals surface area contributed by atoms with E-state index < -0.39 is 8.25 Å². The van der Waals surface area contributed by atoms with Crippen molar-refractivity contribution in [3.8, 4) is 0 Å². The summed E-state index contributed by atoms with van der Waals surface area (Å²) in [7, 11) is -1.79. The van der Waals surface area contributed by atoms with Gasteiger partial charge in [0.15, 0.2) is 0 Å². The van der Waals surface area contributed by atoms with E-state index in [0.717, 1.165) is 19.3 Å². The fourth-order valence-corrected chi connectivity index (χ4v) is 1.33. The standard InChI is InChI=1S/C5H10O3P.C2H8N2/c6-9-7-4-2-1-3-5-8-9;3-1-2-4/h1-5H2;1-4H2/q+1;. The summed E-state index contributed by atoms with van der Waals surface area (Å²) in [5.74, 6) is 0. The van der Waals surface area contributed by atoms with Gasteiger partial charge in [0.25, 0.3) is 0 Å². The molecule has 1 aliphatic rings. The lowest BCUT2D eigenvalue weighted by Crippen LogP contribution is -2.11. The van der Waals surface area contributed by atoms with Crippen LogP contribution < -0.4 is 11.5 Å². The first-order valence-electron chi connectivity index (χ1n) is 4.44. The zero-order valence-corrected chi connectivity index (χ0v) is 8.67. The summed E-state index contributed by atoms with van der Waals surface area (Å²) < 4.78 is 20.1. The summed E-state index contributed by atoms with van der Waals surface area (Å²) >= 11 is 0. The maximum absolute atomic E-state index is 10.5. The molecule has 0 spiro atoms. The number of rotatable bonds is 1. The van der Waals surface area contributed by atoms with Crippen LogP contribution in [-0.4, -0.2) is 26.3 Å². The van der Waals surface area contributed by atoms with Crippen LogP contribution in [0.2, 0.25) is 0 Å². The molecular formula is C7H18N2O3P+. The molecule has 0 unspecified atom stereocenters. The van der Waals surface area contributed by atoms with Gasteiger partial charge in [-0.05, 0) is 19.3 Å². The van der Waals surface area contributed by atoms with Gasteiger partial charge < -0.3 is 11.5 Å². The summed E-state index contributed by atoms with van der Waals surface area (Å²) in [4.78, 5) is 0. The van der Waals surface area contributed by atoms with Crippen molar-refractivity contribution in [1.82, 2.24) is 0 Å². The molecular weight excluding hydrogens is 191 g/mol. The third-order valence-corrected chi connectivity index (χ3v) is 2.14. The Hall–Kier alpha value is -0.0600. The third-order valence-electron chi connectivity index (χ3n) is 1.35. The molecule has 0 radical (unpaired) electrons. The zero-order valence-electron chi connectivity index (χ0n) is 7.78. The molecule has 0 bridgehead atoms. The second kappa shape index (κ2) is 10.0. The van der Waals surface area contributed by atoms with E-state index in [1.165, 1.54) is 0 Å². The predicted molar refractivity (Wildman–Crippen MR) is 51.5 cm³/mol. The fourth-order valence-electron chi connectivity index (χ4n) is 0.696. The second-order valence-corrected chi connectivity index (χ2v) is 3.49. The third kappa shape index (κ3) is 9.86. The van der Waals surface area contributed by atoms with Crippen LogP contribution in [0.5, 0.6) is 0 Å². The largest absolute Gasteiger partial charge is 0.697 e. The van der Waals surface area contributed by atoms with Gasteiger partial charge in [-0.25, -0.2) is 0 Å². The van der Waals surface area contributed by atoms with Gasteiger partial charge in [0.05, 0.1) is 0 Å². The smallest absolute Gasteiger partial charge is 0.329 e. The van der Waals surface area contributed by atoms with Crippen LogP contribution in [0.4, 0.5) is 0 Å². The minimum Gasteiger partial charge on any atom is -0.329 e. The molecule has 0 aromatic rings. The van der Waals surface area contributed by atoms with Gasteiger partial charge in [0, 0.05) is 17.7 Å². The van der Waals surface area contributed by atoms with Crippen molar-refractivity contribution in [1.29, 1.82) is 0 Å². The van der Waals surface area contributed by atoms with Crippen LogP contribution in [0.3, 0.4) is 0 Å². The van der Waals surface area contributed by atoms with E-state index in [1.54, 1.807) is 0 Å². The van der Waals surface area contributed by atoms with Gasteiger partial charge in [-0.1, -0.05) is 0 Å². The Morgan fingerprint density at radius 1 is 1.00 bits per heavy atom. The highest BCUT2D eigenvalue weighted by Crippen LogP contribution is 2.26. The first kappa shape index (κ1) is 12.9. The Balaban J connectivity index is 0.000000310. The Labute approximate surface area is 79.7 Å². The monoisotopic (exact) mass is 209 g/mol. The van der Waals surface area contributed by atoms with Gasteiger partial charge in [-0.3, -0.25) is 0 Å². The predicted octanol–water partition coefficient (Wildman–Crippen LogP) is 0.765. The first-order chi connectivity index (χ1) is 6.31. The molecule has 0 aromatic carbocycles. The van der Waals surface area contributed by atoms with Gasteiger partial charge >= 0.3 is 8.25 Å². The van der Waals surface area contributed by atoms with E-state index in [-0.39, 0.29) is 0 Å². The lowest BCUT2D eigenvalue weighted by molar-refractivity contribution is 0.198. The van der Waals surface area contributed by atoms with Gasteiger partial charge in [-0.15, -0.1) is 9.05 Å². The molecule has 0 atom stereocenters. The Morgan fingerprint density at radius 2 is 1.46 bits per heavy atom. The van der Waals surface area contributed by atoms with Crippen molar-refractivity contribution in [2.75, 3.05) is 26.3 Å². The molecule has 1 fully saturated rings. The van der Waals surface area contributed by atoms with E-state index in [1.807, 2.05) is 0 Å². The molecule has 0 aliphatic carbocycles. The molecule has 1 aliphatic heterocycles. The summed E-state index contributed by atoms with van der Waals surface area (Å²) in [6.45, 7) is 2.35. The van der Waals surface area contributed by atoms with Crippen molar-refractivity contribution in [3.63, 3.8) is 0 Å². The number of hydrogen-bond donors (Lipinski definition) is 2. The highest BCUT2D eigenvalue weighted by Gasteiger charge is 2.20. The molecule has 5 nitrogen and oxygen atoms in total. The summed E-state index contributed by atoms with van der Waals surface area (Å²) in [5, 5.41) is 0. The normalized spacial score (nSPS) is 18.2. The molecule has 6 heteroatoms. The van der Waals surface area contributed by atoms with Crippen molar-refractivity contribution in [2.24, 2.45) is 11.5 Å². The van der Waals surface area contributed by atoms with E-state index in [9.17, 15) is 4.57 Å². The average Bonchev–Trinajstić information content (AvgIpc) is 2.12. The second-order valence-electron chi connectivity index (χ2n) is 2.53. The lowest BCUT2D eigenvalue weighted by atomic mass is 10.2. The number of hydrogen-bond acceptors (Lipinski definition) is 5. The van der Waals surface area contributed by atoms with Crippen LogP contribution in [0.1, 0.15) is 19.3 Å². The fraction of sp³-hybridized carbons (Fsp3) is 1.00. The van der Waals surface area contributed by atoms with E-state index in [4.69, 9.17) is 20.5 Å². The highest BCUT2D eigenvalue weighted by atomic mass is 31.1. The minimum absolute atomic E-state index is 0.579. The van der Waals surface area contributed by atoms with Crippen molar-refractivity contribution >= 4 is 8.25 Å². The maximum Gasteiger partial charge on any atom is 0.697 e. The van der Waals surface area contributed by atoms with E-state index in [2.05, 4.69) is 0 Å². The van der Waals surface area contributed by atoms with Crippen LogP contribution in [-0.2, 0) is 13.6 Å². The van der Waals surface area contributed by atoms with Crippen molar-refractivity contribution in [2.45, 2.75) is 19.3 Å². The topological polar surface area (TPSA) is 87.6 Å². The molecule has 78 valence electrons. The zero-order chi connectivity index (χ0) is 9.94. The molecule has 1 rings (SSSR count). The Morgan fingerprint density at radius 3 is 1.85 bits per heavy atom. The van der Waals surface area contributed by atoms with Crippen LogP contribution in [0.25, 0.3) is 0 Å². The minimum atomic E-state index is -1.79. The lowest BCUT2D eigenvalue weighted by Gasteiger charge is -1.97. The SMILES string of the molecule is NCCN.O=[P+]1OCCCCCO1. The molecule has 13 heavy (non-hydrogen) atoms. The van der Waals surface area contributed by atoms with Crippen molar-refractivity contribution < 1.29 is 13.6 Å². The molecule has 0 aromatic heterocycles. The summed E-state index contributed by atoms with van der Waals surface area (Å²) in [6, 6.07) is 0. The van der Waals surface area contributed by atoms with E-state index in [0.29, 0.717) is 26.3 Å². The number of nitrogens with two attached hydrogens (primary N) is 2. The quantitative estimate of drug-likeness (QED) is 0.622. The molecule has 0 amide bonds. The van der Waals surface area contributed by atoms with Crippen LogP contribution in [0, 0.1) is 0 Å². The Bertz CT molecular complexity index is 123.